The molecule has 0 bridgehead atoms. The molecule has 0 saturated heterocycles. The number of unbranched alkanes of at least 4 members (excludes halogenated alkanes) is 2. The standard InChI is InChI=1S/C29H38N2O/c1-6-9-14-22(4)27(28(29(30)31-8-3)23(5)15-10-7-2)24-18-20-26(21-19-24)32-25-16-12-11-13-17-25/h8,11-13,15-21H,6-7,9-10,14,30H2,1-5H3/b23-15+,27-22-,29-28+,31-8-. The van der Waals surface area contributed by atoms with Crippen molar-refractivity contribution in [1.82, 2.24) is 0 Å². The van der Waals surface area contributed by atoms with Crippen molar-refractivity contribution in [3.8, 4) is 11.5 Å². The van der Waals surface area contributed by atoms with Gasteiger partial charge in [-0.05, 0) is 81.0 Å². The third kappa shape index (κ3) is 7.26. The highest BCUT2D eigenvalue weighted by Gasteiger charge is 2.17. The summed E-state index contributed by atoms with van der Waals surface area (Å²) in [6, 6.07) is 18.1. The van der Waals surface area contributed by atoms with Crippen LogP contribution in [0, 0.1) is 0 Å². The molecule has 0 aromatic heterocycles. The lowest BCUT2D eigenvalue weighted by Crippen LogP contribution is -2.06. The van der Waals surface area contributed by atoms with Gasteiger partial charge in [-0.2, -0.15) is 0 Å². The second-order valence-corrected chi connectivity index (χ2v) is 8.02. The molecule has 2 N–H and O–H groups in total. The van der Waals surface area contributed by atoms with Gasteiger partial charge in [0.05, 0.1) is 0 Å². The number of hydrogen-bond donors (Lipinski definition) is 1. The van der Waals surface area contributed by atoms with E-state index in [2.05, 4.69) is 50.9 Å². The van der Waals surface area contributed by atoms with Gasteiger partial charge in [-0.1, -0.05) is 68.7 Å². The van der Waals surface area contributed by atoms with Crippen LogP contribution in [-0.4, -0.2) is 6.21 Å². The fourth-order valence-electron chi connectivity index (χ4n) is 3.68. The van der Waals surface area contributed by atoms with Crippen LogP contribution in [0.5, 0.6) is 11.5 Å². The minimum absolute atomic E-state index is 0.563. The van der Waals surface area contributed by atoms with Crippen molar-refractivity contribution in [1.29, 1.82) is 0 Å². The zero-order chi connectivity index (χ0) is 23.3. The maximum Gasteiger partial charge on any atom is 0.131 e. The number of rotatable bonds is 11. The molecule has 0 unspecified atom stereocenters. The van der Waals surface area contributed by atoms with Crippen LogP contribution in [0.4, 0.5) is 0 Å². The molecule has 2 rings (SSSR count). The Morgan fingerprint density at radius 2 is 1.59 bits per heavy atom. The third-order valence-corrected chi connectivity index (χ3v) is 5.36. The van der Waals surface area contributed by atoms with Gasteiger partial charge in [0, 0.05) is 11.8 Å². The molecule has 0 heterocycles. The normalized spacial score (nSPS) is 13.7. The molecular weight excluding hydrogens is 392 g/mol. The summed E-state index contributed by atoms with van der Waals surface area (Å²) in [5.74, 6) is 2.21. The molecule has 0 radical (unpaired) electrons. The molecule has 0 aliphatic heterocycles. The summed E-state index contributed by atoms with van der Waals surface area (Å²) in [6.07, 6.45) is 9.48. The van der Waals surface area contributed by atoms with Crippen LogP contribution in [0.3, 0.4) is 0 Å². The van der Waals surface area contributed by atoms with Crippen molar-refractivity contribution in [2.75, 3.05) is 0 Å². The smallest absolute Gasteiger partial charge is 0.131 e. The molecule has 2 aromatic rings. The lowest BCUT2D eigenvalue weighted by atomic mass is 9.87. The second kappa shape index (κ2) is 13.4. The number of nitrogens with two attached hydrogens (primary N) is 1. The Labute approximate surface area is 194 Å². The van der Waals surface area contributed by atoms with Crippen LogP contribution in [-0.2, 0) is 0 Å². The van der Waals surface area contributed by atoms with Crippen LogP contribution in [0.15, 0.2) is 88.2 Å². The second-order valence-electron chi connectivity index (χ2n) is 8.02. The van der Waals surface area contributed by atoms with Crippen LogP contribution >= 0.6 is 0 Å². The van der Waals surface area contributed by atoms with Crippen LogP contribution in [0.25, 0.3) is 5.57 Å². The molecule has 3 heteroatoms. The largest absolute Gasteiger partial charge is 0.457 e. The molecule has 0 amide bonds. The molecule has 0 spiro atoms. The van der Waals surface area contributed by atoms with E-state index in [0.717, 1.165) is 54.7 Å². The number of hydrogen-bond acceptors (Lipinski definition) is 3. The van der Waals surface area contributed by atoms with E-state index in [0.29, 0.717) is 5.82 Å². The lowest BCUT2D eigenvalue weighted by molar-refractivity contribution is 0.482. The fraction of sp³-hybridized carbons (Fsp3) is 0.345. The summed E-state index contributed by atoms with van der Waals surface area (Å²) in [7, 11) is 0. The molecule has 0 saturated carbocycles. The molecule has 0 aliphatic carbocycles. The van der Waals surface area contributed by atoms with Gasteiger partial charge in [0.15, 0.2) is 0 Å². The van der Waals surface area contributed by atoms with E-state index in [9.17, 15) is 0 Å². The first-order valence-electron chi connectivity index (χ1n) is 11.7. The van der Waals surface area contributed by atoms with Gasteiger partial charge in [-0.15, -0.1) is 0 Å². The number of nitrogens with zero attached hydrogens (tertiary/aromatic N) is 1. The van der Waals surface area contributed by atoms with E-state index in [1.807, 2.05) is 49.4 Å². The Kier molecular flexibility index (Phi) is 10.5. The van der Waals surface area contributed by atoms with Gasteiger partial charge in [-0.3, -0.25) is 0 Å². The lowest BCUT2D eigenvalue weighted by Gasteiger charge is -2.19. The topological polar surface area (TPSA) is 47.6 Å². The number of ether oxygens (including phenoxy) is 1. The van der Waals surface area contributed by atoms with Crippen molar-refractivity contribution >= 4 is 11.8 Å². The number of allylic oxidation sites excluding steroid dienone is 5. The van der Waals surface area contributed by atoms with Crippen LogP contribution < -0.4 is 10.5 Å². The molecule has 3 nitrogen and oxygen atoms in total. The van der Waals surface area contributed by atoms with Crippen molar-refractivity contribution in [2.24, 2.45) is 10.7 Å². The minimum atomic E-state index is 0.563. The maximum absolute atomic E-state index is 6.52. The van der Waals surface area contributed by atoms with E-state index in [-0.39, 0.29) is 0 Å². The first-order chi connectivity index (χ1) is 15.5. The van der Waals surface area contributed by atoms with Gasteiger partial charge >= 0.3 is 0 Å². The van der Waals surface area contributed by atoms with Gasteiger partial charge in [-0.25, -0.2) is 4.99 Å². The highest BCUT2D eigenvalue weighted by atomic mass is 16.5. The Morgan fingerprint density at radius 1 is 0.938 bits per heavy atom. The third-order valence-electron chi connectivity index (χ3n) is 5.36. The van der Waals surface area contributed by atoms with Gasteiger partial charge in [0.25, 0.3) is 0 Å². The molecule has 2 aromatic carbocycles. The highest BCUT2D eigenvalue weighted by molar-refractivity contribution is 5.86. The summed E-state index contributed by atoms with van der Waals surface area (Å²) in [6.45, 7) is 10.7. The first kappa shape index (κ1) is 25.2. The summed E-state index contributed by atoms with van der Waals surface area (Å²) in [5, 5.41) is 0. The summed E-state index contributed by atoms with van der Waals surface area (Å²) in [5.41, 5.74) is 12.4. The fourth-order valence-corrected chi connectivity index (χ4v) is 3.68. The zero-order valence-corrected chi connectivity index (χ0v) is 20.3. The van der Waals surface area contributed by atoms with Crippen LogP contribution in [0.2, 0.25) is 0 Å². The van der Waals surface area contributed by atoms with Crippen molar-refractivity contribution in [3.05, 3.63) is 88.8 Å². The minimum Gasteiger partial charge on any atom is -0.457 e. The number of para-hydroxylation sites is 1. The average molecular weight is 431 g/mol. The van der Waals surface area contributed by atoms with Crippen LogP contribution in [0.1, 0.15) is 72.3 Å². The molecule has 32 heavy (non-hydrogen) atoms. The van der Waals surface area contributed by atoms with Gasteiger partial charge in [0.2, 0.25) is 0 Å². The SMILES string of the molecule is C\C=N/C(N)=C(C(=C(/C)CCCC)/c1ccc(Oc2ccccc2)cc1)\C(C)=C\CCC. The number of benzene rings is 2. The highest BCUT2D eigenvalue weighted by Crippen LogP contribution is 2.36. The maximum atomic E-state index is 6.52. The van der Waals surface area contributed by atoms with Crippen molar-refractivity contribution in [2.45, 2.75) is 66.7 Å². The van der Waals surface area contributed by atoms with Crippen molar-refractivity contribution in [3.63, 3.8) is 0 Å². The van der Waals surface area contributed by atoms with E-state index < -0.39 is 0 Å². The molecule has 170 valence electrons. The molecule has 0 fully saturated rings. The van der Waals surface area contributed by atoms with E-state index in [1.54, 1.807) is 6.21 Å². The number of aliphatic imine (C=N–C) groups is 1. The molecule has 0 atom stereocenters. The Morgan fingerprint density at radius 3 is 2.19 bits per heavy atom. The zero-order valence-electron chi connectivity index (χ0n) is 20.3. The summed E-state index contributed by atoms with van der Waals surface area (Å²) >= 11 is 0. The van der Waals surface area contributed by atoms with Gasteiger partial charge < -0.3 is 10.5 Å². The monoisotopic (exact) mass is 430 g/mol. The average Bonchev–Trinajstić information content (AvgIpc) is 2.80. The Balaban J connectivity index is 2.55. The summed E-state index contributed by atoms with van der Waals surface area (Å²) < 4.78 is 6.00. The van der Waals surface area contributed by atoms with E-state index in [1.165, 1.54) is 16.7 Å². The van der Waals surface area contributed by atoms with E-state index in [4.69, 9.17) is 10.5 Å². The predicted octanol–water partition coefficient (Wildman–Crippen LogP) is 8.45. The van der Waals surface area contributed by atoms with Crippen molar-refractivity contribution < 1.29 is 4.74 Å². The quantitative estimate of drug-likeness (QED) is 0.287. The first-order valence-corrected chi connectivity index (χ1v) is 11.7. The molecule has 0 aliphatic rings. The van der Waals surface area contributed by atoms with Gasteiger partial charge in [0.1, 0.15) is 17.3 Å². The predicted molar refractivity (Wildman–Crippen MR) is 139 cm³/mol. The summed E-state index contributed by atoms with van der Waals surface area (Å²) in [4.78, 5) is 4.47. The van der Waals surface area contributed by atoms with E-state index >= 15 is 0 Å². The Hall–Kier alpha value is -3.07. The Bertz CT molecular complexity index is 964. The molecular formula is C29H38N2O.